The van der Waals surface area contributed by atoms with Crippen LogP contribution in [0.2, 0.25) is 0 Å². The van der Waals surface area contributed by atoms with Gasteiger partial charge in [-0.25, -0.2) is 0 Å². The molecule has 2 aromatic rings. The first-order valence-electron chi connectivity index (χ1n) is 6.42. The second kappa shape index (κ2) is 4.30. The lowest BCUT2D eigenvalue weighted by Gasteiger charge is -2.16. The molecule has 0 saturated heterocycles. The molecule has 0 amide bonds. The van der Waals surface area contributed by atoms with E-state index in [0.717, 1.165) is 5.92 Å². The zero-order valence-corrected chi connectivity index (χ0v) is 11.3. The average molecular weight is 242 g/mol. The summed E-state index contributed by atoms with van der Waals surface area (Å²) in [7, 11) is 0. The highest BCUT2D eigenvalue weighted by Crippen LogP contribution is 2.36. The summed E-state index contributed by atoms with van der Waals surface area (Å²) < 4.78 is 1.42. The maximum Gasteiger partial charge on any atom is 0.0349 e. The summed E-state index contributed by atoms with van der Waals surface area (Å²) in [5.74, 6) is 0.871. The third-order valence-electron chi connectivity index (χ3n) is 3.66. The molecule has 1 aliphatic carbocycles. The number of hydrogen-bond donors (Lipinski definition) is 0. The van der Waals surface area contributed by atoms with Gasteiger partial charge in [-0.15, -0.1) is 11.3 Å². The highest BCUT2D eigenvalue weighted by Gasteiger charge is 2.13. The van der Waals surface area contributed by atoms with Crippen molar-refractivity contribution in [3.8, 4) is 0 Å². The predicted molar refractivity (Wildman–Crippen MR) is 77.6 cm³/mol. The number of benzene rings is 1. The topological polar surface area (TPSA) is 0 Å². The minimum absolute atomic E-state index is 0.871. The quantitative estimate of drug-likeness (QED) is 0.627. The maximum atomic E-state index is 2.45. The summed E-state index contributed by atoms with van der Waals surface area (Å²) in [6.45, 7) is 4.51. The first-order chi connectivity index (χ1) is 8.22. The molecule has 0 radical (unpaired) electrons. The van der Waals surface area contributed by atoms with Crippen LogP contribution < -0.4 is 0 Å². The summed E-state index contributed by atoms with van der Waals surface area (Å²) in [5, 5.41) is 1.41. The minimum Gasteiger partial charge on any atom is -0.136 e. The van der Waals surface area contributed by atoms with Gasteiger partial charge in [0.15, 0.2) is 0 Å². The van der Waals surface area contributed by atoms with Crippen molar-refractivity contribution in [2.75, 3.05) is 0 Å². The molecule has 1 heterocycles. The lowest BCUT2D eigenvalue weighted by molar-refractivity contribution is 0.534. The van der Waals surface area contributed by atoms with Crippen LogP contribution in [0.4, 0.5) is 0 Å². The Bertz CT molecular complexity index is 574. The predicted octanol–water partition coefficient (Wildman–Crippen LogP) is 5.41. The van der Waals surface area contributed by atoms with Gasteiger partial charge in [0, 0.05) is 9.58 Å². The van der Waals surface area contributed by atoms with E-state index in [2.05, 4.69) is 44.2 Å². The molecular formula is C16H18S. The van der Waals surface area contributed by atoms with Gasteiger partial charge in [-0.3, -0.25) is 0 Å². The van der Waals surface area contributed by atoms with E-state index in [4.69, 9.17) is 0 Å². The highest BCUT2D eigenvalue weighted by atomic mass is 32.1. The molecule has 1 heteroatoms. The van der Waals surface area contributed by atoms with Crippen LogP contribution in [0.25, 0.3) is 15.7 Å². The molecule has 0 aliphatic heterocycles. The second-order valence-corrected chi connectivity index (χ2v) is 6.34. The standard InChI is InChI=1S/C16H18S/c1-11-3-6-13(7-4-11)16-10-14-9-12(2)5-8-15(14)17-16/h5-6,8-11H,3-4,7H2,1-2H3. The third-order valence-corrected chi connectivity index (χ3v) is 4.85. The van der Waals surface area contributed by atoms with Crippen molar-refractivity contribution in [2.45, 2.75) is 33.1 Å². The van der Waals surface area contributed by atoms with E-state index in [1.807, 2.05) is 11.3 Å². The van der Waals surface area contributed by atoms with Crippen molar-refractivity contribution < 1.29 is 0 Å². The molecule has 1 aliphatic rings. The highest BCUT2D eigenvalue weighted by molar-refractivity contribution is 7.20. The van der Waals surface area contributed by atoms with E-state index in [-0.39, 0.29) is 0 Å². The molecule has 0 nitrogen and oxygen atoms in total. The van der Waals surface area contributed by atoms with E-state index >= 15 is 0 Å². The first-order valence-corrected chi connectivity index (χ1v) is 7.23. The number of fused-ring (bicyclic) bond motifs is 1. The molecular weight excluding hydrogens is 224 g/mol. The van der Waals surface area contributed by atoms with Crippen LogP contribution in [-0.4, -0.2) is 0 Å². The Morgan fingerprint density at radius 1 is 1.24 bits per heavy atom. The number of allylic oxidation sites excluding steroid dienone is 2. The Labute approximate surface area is 107 Å². The minimum atomic E-state index is 0.871. The fraction of sp³-hybridized carbons (Fsp3) is 0.375. The van der Waals surface area contributed by atoms with Crippen molar-refractivity contribution >= 4 is 27.0 Å². The van der Waals surface area contributed by atoms with Crippen LogP contribution in [0.5, 0.6) is 0 Å². The van der Waals surface area contributed by atoms with Crippen molar-refractivity contribution in [1.82, 2.24) is 0 Å². The van der Waals surface area contributed by atoms with Gasteiger partial charge in [0.1, 0.15) is 0 Å². The Morgan fingerprint density at radius 3 is 2.88 bits per heavy atom. The molecule has 0 N–H and O–H groups in total. The molecule has 1 atom stereocenters. The Balaban J connectivity index is 2.01. The van der Waals surface area contributed by atoms with Gasteiger partial charge in [0.2, 0.25) is 0 Å². The monoisotopic (exact) mass is 242 g/mol. The normalized spacial score (nSPS) is 20.6. The van der Waals surface area contributed by atoms with Crippen LogP contribution in [0, 0.1) is 12.8 Å². The van der Waals surface area contributed by atoms with Crippen molar-refractivity contribution in [1.29, 1.82) is 0 Å². The molecule has 88 valence electrons. The Kier molecular flexibility index (Phi) is 2.79. The molecule has 0 bridgehead atoms. The Morgan fingerprint density at radius 2 is 2.12 bits per heavy atom. The summed E-state index contributed by atoms with van der Waals surface area (Å²) in [5.41, 5.74) is 2.93. The smallest absolute Gasteiger partial charge is 0.0349 e. The molecule has 0 spiro atoms. The third kappa shape index (κ3) is 2.16. The van der Waals surface area contributed by atoms with Crippen molar-refractivity contribution in [3.05, 3.63) is 40.8 Å². The number of aryl methyl sites for hydroxylation is 1. The van der Waals surface area contributed by atoms with Gasteiger partial charge in [-0.05, 0) is 55.2 Å². The van der Waals surface area contributed by atoms with Gasteiger partial charge in [0.25, 0.3) is 0 Å². The van der Waals surface area contributed by atoms with Crippen molar-refractivity contribution in [3.63, 3.8) is 0 Å². The zero-order chi connectivity index (χ0) is 11.8. The summed E-state index contributed by atoms with van der Waals surface area (Å²) in [6.07, 6.45) is 6.31. The van der Waals surface area contributed by atoms with Gasteiger partial charge >= 0.3 is 0 Å². The molecule has 1 aromatic carbocycles. The second-order valence-electron chi connectivity index (χ2n) is 5.26. The summed E-state index contributed by atoms with van der Waals surface area (Å²) in [4.78, 5) is 1.48. The number of thiophene rings is 1. The molecule has 1 aromatic heterocycles. The maximum absolute atomic E-state index is 2.45. The molecule has 3 rings (SSSR count). The van der Waals surface area contributed by atoms with Crippen LogP contribution in [0.3, 0.4) is 0 Å². The molecule has 0 fully saturated rings. The van der Waals surface area contributed by atoms with E-state index in [0.29, 0.717) is 0 Å². The van der Waals surface area contributed by atoms with Gasteiger partial charge < -0.3 is 0 Å². The van der Waals surface area contributed by atoms with E-state index in [1.54, 1.807) is 5.57 Å². The summed E-state index contributed by atoms with van der Waals surface area (Å²) in [6, 6.07) is 9.13. The average Bonchev–Trinajstić information content (AvgIpc) is 2.72. The molecule has 1 unspecified atom stereocenters. The van der Waals surface area contributed by atoms with Crippen LogP contribution in [0.1, 0.15) is 36.6 Å². The first kappa shape index (κ1) is 11.0. The van der Waals surface area contributed by atoms with Crippen LogP contribution >= 0.6 is 11.3 Å². The van der Waals surface area contributed by atoms with E-state index in [1.165, 1.54) is 39.8 Å². The van der Waals surface area contributed by atoms with Crippen molar-refractivity contribution in [2.24, 2.45) is 5.92 Å². The SMILES string of the molecule is Cc1ccc2sc(C3=CCC(C)CC3)cc2c1. The lowest BCUT2D eigenvalue weighted by atomic mass is 9.90. The van der Waals surface area contributed by atoms with E-state index in [9.17, 15) is 0 Å². The van der Waals surface area contributed by atoms with Gasteiger partial charge in [-0.1, -0.05) is 30.7 Å². The van der Waals surface area contributed by atoms with E-state index < -0.39 is 0 Å². The largest absolute Gasteiger partial charge is 0.136 e. The molecule has 17 heavy (non-hydrogen) atoms. The fourth-order valence-corrected chi connectivity index (χ4v) is 3.62. The number of rotatable bonds is 1. The summed E-state index contributed by atoms with van der Waals surface area (Å²) >= 11 is 1.95. The number of hydrogen-bond acceptors (Lipinski definition) is 1. The zero-order valence-electron chi connectivity index (χ0n) is 10.5. The Hall–Kier alpha value is -1.08. The van der Waals surface area contributed by atoms with Gasteiger partial charge in [0.05, 0.1) is 0 Å². The van der Waals surface area contributed by atoms with Crippen LogP contribution in [-0.2, 0) is 0 Å². The molecule has 0 saturated carbocycles. The van der Waals surface area contributed by atoms with Gasteiger partial charge in [-0.2, -0.15) is 0 Å². The van der Waals surface area contributed by atoms with Crippen LogP contribution in [0.15, 0.2) is 30.3 Å². The lowest BCUT2D eigenvalue weighted by Crippen LogP contribution is -1.99. The fourth-order valence-electron chi connectivity index (χ4n) is 2.51.